The molecule has 25 heavy (non-hydrogen) atoms. The van der Waals surface area contributed by atoms with Crippen LogP contribution in [0.5, 0.6) is 5.75 Å². The van der Waals surface area contributed by atoms with Crippen molar-refractivity contribution in [2.24, 2.45) is 0 Å². The number of benzene rings is 2. The number of sulfonamides is 1. The first-order chi connectivity index (χ1) is 11.7. The lowest BCUT2D eigenvalue weighted by Gasteiger charge is -2.15. The summed E-state index contributed by atoms with van der Waals surface area (Å²) in [5.41, 5.74) is 2.09. The number of nitrogens with zero attached hydrogens (tertiary/aromatic N) is 1. The van der Waals surface area contributed by atoms with E-state index in [1.54, 1.807) is 64.3 Å². The Balaban J connectivity index is 2.32. The zero-order valence-corrected chi connectivity index (χ0v) is 15.8. The molecule has 0 bridgehead atoms. The van der Waals surface area contributed by atoms with Gasteiger partial charge in [0.25, 0.3) is 15.9 Å². The number of ether oxygens (including phenoxy) is 1. The van der Waals surface area contributed by atoms with Crippen molar-refractivity contribution < 1.29 is 17.9 Å². The number of carbonyl (C=O) groups excluding carboxylic acids is 1. The van der Waals surface area contributed by atoms with Crippen molar-refractivity contribution in [2.75, 3.05) is 25.9 Å². The van der Waals surface area contributed by atoms with E-state index in [0.717, 1.165) is 0 Å². The number of hydrogen-bond donors (Lipinski definition) is 1. The Hall–Kier alpha value is -2.54. The van der Waals surface area contributed by atoms with Gasteiger partial charge < -0.3 is 9.64 Å². The number of nitrogens with one attached hydrogen (secondary N) is 1. The summed E-state index contributed by atoms with van der Waals surface area (Å²) in [6, 6.07) is 9.69. The summed E-state index contributed by atoms with van der Waals surface area (Å²) in [6.07, 6.45) is 0. The summed E-state index contributed by atoms with van der Waals surface area (Å²) in [4.78, 5) is 13.6. The Morgan fingerprint density at radius 2 is 1.56 bits per heavy atom. The maximum atomic E-state index is 12.7. The molecule has 0 aliphatic heterocycles. The first kappa shape index (κ1) is 18.8. The van der Waals surface area contributed by atoms with Crippen LogP contribution in [0.25, 0.3) is 0 Å². The first-order valence-corrected chi connectivity index (χ1v) is 9.14. The van der Waals surface area contributed by atoms with Gasteiger partial charge in [-0.1, -0.05) is 0 Å². The molecule has 0 radical (unpaired) electrons. The highest BCUT2D eigenvalue weighted by atomic mass is 32.2. The van der Waals surface area contributed by atoms with E-state index in [4.69, 9.17) is 4.74 Å². The van der Waals surface area contributed by atoms with Gasteiger partial charge in [0.15, 0.2) is 0 Å². The van der Waals surface area contributed by atoms with Gasteiger partial charge >= 0.3 is 0 Å². The molecule has 2 rings (SSSR count). The smallest absolute Gasteiger partial charge is 0.262 e. The van der Waals surface area contributed by atoms with E-state index in [-0.39, 0.29) is 10.8 Å². The normalized spacial score (nSPS) is 11.1. The fourth-order valence-electron chi connectivity index (χ4n) is 2.60. The lowest BCUT2D eigenvalue weighted by atomic mass is 10.1. The zero-order chi connectivity index (χ0) is 18.8. The first-order valence-electron chi connectivity index (χ1n) is 7.65. The number of anilines is 1. The van der Waals surface area contributed by atoms with Crippen LogP contribution in [0.1, 0.15) is 21.5 Å². The van der Waals surface area contributed by atoms with Gasteiger partial charge in [-0.15, -0.1) is 0 Å². The quantitative estimate of drug-likeness (QED) is 0.887. The van der Waals surface area contributed by atoms with E-state index in [9.17, 15) is 13.2 Å². The monoisotopic (exact) mass is 362 g/mol. The van der Waals surface area contributed by atoms with Gasteiger partial charge in [0.2, 0.25) is 0 Å². The van der Waals surface area contributed by atoms with Crippen LogP contribution in [0.4, 0.5) is 5.69 Å². The molecule has 0 aromatic heterocycles. The van der Waals surface area contributed by atoms with Gasteiger partial charge in [-0.3, -0.25) is 9.52 Å². The maximum Gasteiger partial charge on any atom is 0.262 e. The molecule has 7 heteroatoms. The summed E-state index contributed by atoms with van der Waals surface area (Å²) >= 11 is 0. The molecular weight excluding hydrogens is 340 g/mol. The van der Waals surface area contributed by atoms with Gasteiger partial charge in [0.1, 0.15) is 5.75 Å². The number of carbonyl (C=O) groups is 1. The minimum absolute atomic E-state index is 0.142. The Bertz CT molecular complexity index is 865. The molecule has 1 amide bonds. The highest BCUT2D eigenvalue weighted by Gasteiger charge is 2.21. The summed E-state index contributed by atoms with van der Waals surface area (Å²) in [7, 11) is 1.11. The summed E-state index contributed by atoms with van der Waals surface area (Å²) in [6.45, 7) is 3.45. The Labute approximate surface area is 148 Å². The Morgan fingerprint density at radius 3 is 2.00 bits per heavy atom. The van der Waals surface area contributed by atoms with Crippen LogP contribution in [0.3, 0.4) is 0 Å². The lowest BCUT2D eigenvalue weighted by Crippen LogP contribution is -2.21. The molecule has 0 aliphatic rings. The third-order valence-electron chi connectivity index (χ3n) is 3.73. The Kier molecular flexibility index (Phi) is 5.37. The van der Waals surface area contributed by atoms with Crippen molar-refractivity contribution in [3.8, 4) is 5.75 Å². The molecule has 0 aliphatic carbocycles. The van der Waals surface area contributed by atoms with Crippen LogP contribution in [0, 0.1) is 13.8 Å². The highest BCUT2D eigenvalue weighted by molar-refractivity contribution is 7.92. The summed E-state index contributed by atoms with van der Waals surface area (Å²) < 4.78 is 33.2. The molecule has 6 nitrogen and oxygen atoms in total. The highest BCUT2D eigenvalue weighted by Crippen LogP contribution is 2.27. The fourth-order valence-corrected chi connectivity index (χ4v) is 4.11. The molecule has 0 saturated heterocycles. The van der Waals surface area contributed by atoms with E-state index < -0.39 is 10.0 Å². The van der Waals surface area contributed by atoms with Crippen molar-refractivity contribution >= 4 is 21.6 Å². The van der Waals surface area contributed by atoms with E-state index in [1.165, 1.54) is 12.0 Å². The van der Waals surface area contributed by atoms with Crippen LogP contribution in [-0.4, -0.2) is 40.4 Å². The standard InChI is InChI=1S/C18H22N2O4S/c1-12-10-16(24-5)11-13(2)17(12)25(22,23)19-15-8-6-14(7-9-15)18(21)20(3)4/h6-11,19H,1-5H3. The fraction of sp³-hybridized carbons (Fsp3) is 0.278. The number of hydrogen-bond acceptors (Lipinski definition) is 4. The average molecular weight is 362 g/mol. The largest absolute Gasteiger partial charge is 0.497 e. The van der Waals surface area contributed by atoms with Crippen molar-refractivity contribution in [3.05, 3.63) is 53.1 Å². The van der Waals surface area contributed by atoms with E-state index in [2.05, 4.69) is 4.72 Å². The summed E-state index contributed by atoms with van der Waals surface area (Å²) in [5.74, 6) is 0.469. The second-order valence-corrected chi connectivity index (χ2v) is 7.59. The average Bonchev–Trinajstić information content (AvgIpc) is 2.53. The SMILES string of the molecule is COc1cc(C)c(S(=O)(=O)Nc2ccc(C(=O)N(C)C)cc2)c(C)c1. The van der Waals surface area contributed by atoms with E-state index >= 15 is 0 Å². The van der Waals surface area contributed by atoms with Crippen LogP contribution >= 0.6 is 0 Å². The predicted octanol–water partition coefficient (Wildman–Crippen LogP) is 2.81. The lowest BCUT2D eigenvalue weighted by molar-refractivity contribution is 0.0827. The van der Waals surface area contributed by atoms with Crippen LogP contribution in [0.2, 0.25) is 0 Å². The molecule has 0 atom stereocenters. The zero-order valence-electron chi connectivity index (χ0n) is 15.0. The van der Waals surface area contributed by atoms with Gasteiger partial charge in [0.05, 0.1) is 12.0 Å². The summed E-state index contributed by atoms with van der Waals surface area (Å²) in [5, 5.41) is 0. The van der Waals surface area contributed by atoms with Gasteiger partial charge in [-0.25, -0.2) is 8.42 Å². The number of methoxy groups -OCH3 is 1. The predicted molar refractivity (Wildman–Crippen MR) is 97.7 cm³/mol. The molecule has 0 heterocycles. The molecule has 2 aromatic rings. The second-order valence-electron chi connectivity index (χ2n) is 5.97. The number of rotatable bonds is 5. The molecule has 1 N–H and O–H groups in total. The number of aryl methyl sites for hydroxylation is 2. The van der Waals surface area contributed by atoms with Crippen LogP contribution < -0.4 is 9.46 Å². The second kappa shape index (κ2) is 7.14. The van der Waals surface area contributed by atoms with Crippen LogP contribution in [-0.2, 0) is 10.0 Å². The minimum atomic E-state index is -3.75. The molecule has 0 spiro atoms. The van der Waals surface area contributed by atoms with Crippen molar-refractivity contribution in [2.45, 2.75) is 18.7 Å². The molecular formula is C18H22N2O4S. The topological polar surface area (TPSA) is 75.7 Å². The van der Waals surface area contributed by atoms with Crippen LogP contribution in [0.15, 0.2) is 41.3 Å². The molecule has 0 saturated carbocycles. The van der Waals surface area contributed by atoms with Gasteiger partial charge in [0, 0.05) is 25.3 Å². The van der Waals surface area contributed by atoms with Crippen molar-refractivity contribution in [3.63, 3.8) is 0 Å². The van der Waals surface area contributed by atoms with E-state index in [1.807, 2.05) is 0 Å². The molecule has 0 fully saturated rings. The van der Waals surface area contributed by atoms with Crippen molar-refractivity contribution in [1.82, 2.24) is 4.90 Å². The third kappa shape index (κ3) is 4.11. The number of amides is 1. The maximum absolute atomic E-state index is 12.7. The molecule has 2 aromatic carbocycles. The van der Waals surface area contributed by atoms with Gasteiger partial charge in [-0.05, 0) is 61.4 Å². The molecule has 134 valence electrons. The van der Waals surface area contributed by atoms with Gasteiger partial charge in [-0.2, -0.15) is 0 Å². The minimum Gasteiger partial charge on any atom is -0.497 e. The molecule has 0 unspecified atom stereocenters. The van der Waals surface area contributed by atoms with E-state index in [0.29, 0.717) is 28.1 Å². The Morgan fingerprint density at radius 1 is 1.04 bits per heavy atom. The third-order valence-corrected chi connectivity index (χ3v) is 5.41. The van der Waals surface area contributed by atoms with Crippen molar-refractivity contribution in [1.29, 1.82) is 0 Å².